The molecule has 1 aromatic rings. The summed E-state index contributed by atoms with van der Waals surface area (Å²) in [6, 6.07) is 10.1. The molecule has 0 saturated heterocycles. The first-order chi connectivity index (χ1) is 7.72. The van der Waals surface area contributed by atoms with E-state index in [4.69, 9.17) is 0 Å². The Bertz CT molecular complexity index is 394. The van der Waals surface area contributed by atoms with Crippen molar-refractivity contribution in [2.75, 3.05) is 14.2 Å². The monoisotopic (exact) mass is 218 g/mol. The molecule has 1 rings (SSSR count). The summed E-state index contributed by atoms with van der Waals surface area (Å²) < 4.78 is 6.48. The van der Waals surface area contributed by atoms with E-state index in [0.29, 0.717) is 0 Å². The Labute approximate surface area is 95.7 Å². The molecule has 0 amide bonds. The zero-order valence-corrected chi connectivity index (χ0v) is 9.59. The quantitative estimate of drug-likeness (QED) is 0.333. The van der Waals surface area contributed by atoms with Crippen LogP contribution in [0.4, 0.5) is 0 Å². The average Bonchev–Trinajstić information content (AvgIpc) is 2.30. The van der Waals surface area contributed by atoms with Gasteiger partial charge in [0.1, 0.15) is 7.05 Å². The predicted octanol–water partition coefficient (Wildman–Crippen LogP) is 1.63. The normalized spacial score (nSPS) is 11.8. The van der Waals surface area contributed by atoms with Gasteiger partial charge in [0, 0.05) is 17.7 Å². The average molecular weight is 218 g/mol. The first-order valence-electron chi connectivity index (χ1n) is 5.06. The number of carbonyl (C=O) groups excluding carboxylic acids is 1. The SMILES string of the molecule is COC(=O)/C=C/C=[N+](C)Cc1ccccc1. The fourth-order valence-electron chi connectivity index (χ4n) is 1.26. The van der Waals surface area contributed by atoms with E-state index < -0.39 is 0 Å². The van der Waals surface area contributed by atoms with Crippen LogP contribution in [-0.2, 0) is 16.1 Å². The minimum atomic E-state index is -0.343. The van der Waals surface area contributed by atoms with Gasteiger partial charge in [0.15, 0.2) is 12.8 Å². The van der Waals surface area contributed by atoms with Crippen molar-refractivity contribution in [3.05, 3.63) is 48.0 Å². The van der Waals surface area contributed by atoms with E-state index in [-0.39, 0.29) is 5.97 Å². The van der Waals surface area contributed by atoms with Gasteiger partial charge in [-0.25, -0.2) is 9.37 Å². The number of rotatable bonds is 4. The second-order valence-corrected chi connectivity index (χ2v) is 3.43. The lowest BCUT2D eigenvalue weighted by atomic mass is 10.2. The summed E-state index contributed by atoms with van der Waals surface area (Å²) in [5.74, 6) is -0.343. The second kappa shape index (κ2) is 6.56. The van der Waals surface area contributed by atoms with Crippen molar-refractivity contribution in [1.82, 2.24) is 0 Å². The Morgan fingerprint density at radius 3 is 2.69 bits per heavy atom. The number of ether oxygens (including phenoxy) is 1. The lowest BCUT2D eigenvalue weighted by molar-refractivity contribution is -0.508. The smallest absolute Gasteiger partial charge is 0.330 e. The van der Waals surface area contributed by atoms with Crippen LogP contribution in [0.25, 0.3) is 0 Å². The first-order valence-corrected chi connectivity index (χ1v) is 5.06. The van der Waals surface area contributed by atoms with E-state index in [2.05, 4.69) is 16.9 Å². The molecule has 0 aliphatic heterocycles. The van der Waals surface area contributed by atoms with Gasteiger partial charge in [-0.3, -0.25) is 0 Å². The third-order valence-electron chi connectivity index (χ3n) is 2.05. The first kappa shape index (κ1) is 12.2. The third-order valence-corrected chi connectivity index (χ3v) is 2.05. The molecule has 0 spiro atoms. The van der Waals surface area contributed by atoms with Gasteiger partial charge < -0.3 is 4.74 Å². The van der Waals surface area contributed by atoms with Crippen molar-refractivity contribution in [2.45, 2.75) is 6.54 Å². The Morgan fingerprint density at radius 2 is 2.06 bits per heavy atom. The van der Waals surface area contributed by atoms with E-state index in [1.54, 1.807) is 6.08 Å². The summed E-state index contributed by atoms with van der Waals surface area (Å²) in [5, 5.41) is 0. The molecule has 0 N–H and O–H groups in total. The van der Waals surface area contributed by atoms with Crippen molar-refractivity contribution >= 4 is 12.2 Å². The van der Waals surface area contributed by atoms with E-state index >= 15 is 0 Å². The van der Waals surface area contributed by atoms with E-state index in [1.807, 2.05) is 36.0 Å². The van der Waals surface area contributed by atoms with Crippen molar-refractivity contribution in [2.24, 2.45) is 0 Å². The molecule has 0 aliphatic rings. The molecule has 3 nitrogen and oxygen atoms in total. The minimum absolute atomic E-state index is 0.343. The molecule has 0 radical (unpaired) electrons. The van der Waals surface area contributed by atoms with E-state index in [9.17, 15) is 4.79 Å². The highest BCUT2D eigenvalue weighted by molar-refractivity contribution is 5.86. The zero-order chi connectivity index (χ0) is 11.8. The van der Waals surface area contributed by atoms with Crippen molar-refractivity contribution in [3.8, 4) is 0 Å². The number of esters is 1. The summed E-state index contributed by atoms with van der Waals surface area (Å²) in [5.41, 5.74) is 1.23. The summed E-state index contributed by atoms with van der Waals surface area (Å²) >= 11 is 0. The highest BCUT2D eigenvalue weighted by Gasteiger charge is 1.97. The molecule has 0 fully saturated rings. The van der Waals surface area contributed by atoms with Crippen molar-refractivity contribution in [3.63, 3.8) is 0 Å². The van der Waals surface area contributed by atoms with Gasteiger partial charge in [0.2, 0.25) is 0 Å². The number of hydrogen-bond acceptors (Lipinski definition) is 2. The molecule has 1 aromatic carbocycles. The molecule has 0 atom stereocenters. The van der Waals surface area contributed by atoms with Gasteiger partial charge in [0.05, 0.1) is 7.11 Å². The molecular weight excluding hydrogens is 202 g/mol. The molecule has 3 heteroatoms. The molecule has 0 unspecified atom stereocenters. The van der Waals surface area contributed by atoms with Gasteiger partial charge in [-0.2, -0.15) is 0 Å². The topological polar surface area (TPSA) is 29.3 Å². The molecule has 0 saturated carbocycles. The van der Waals surface area contributed by atoms with E-state index in [1.165, 1.54) is 18.7 Å². The number of allylic oxidation sites excluding steroid dienone is 1. The lowest BCUT2D eigenvalue weighted by Crippen LogP contribution is -2.06. The maximum absolute atomic E-state index is 10.8. The Balaban J connectivity index is 2.52. The summed E-state index contributed by atoms with van der Waals surface area (Å²) in [7, 11) is 3.31. The van der Waals surface area contributed by atoms with Crippen molar-refractivity contribution in [1.29, 1.82) is 0 Å². The van der Waals surface area contributed by atoms with Crippen LogP contribution in [0.3, 0.4) is 0 Å². The maximum atomic E-state index is 10.8. The van der Waals surface area contributed by atoms with Crippen LogP contribution in [0.5, 0.6) is 0 Å². The number of methoxy groups -OCH3 is 1. The highest BCUT2D eigenvalue weighted by atomic mass is 16.5. The molecule has 0 aliphatic carbocycles. The van der Waals surface area contributed by atoms with Crippen molar-refractivity contribution < 1.29 is 14.1 Å². The summed E-state index contributed by atoms with van der Waals surface area (Å²) in [6.07, 6.45) is 4.90. The molecule has 0 aromatic heterocycles. The number of nitrogens with zero attached hydrogens (tertiary/aromatic N) is 1. The Kier molecular flexibility index (Phi) is 4.99. The lowest BCUT2D eigenvalue weighted by Gasteiger charge is -1.96. The molecule has 0 heterocycles. The van der Waals surface area contributed by atoms with Crippen LogP contribution in [0.1, 0.15) is 5.56 Å². The van der Waals surface area contributed by atoms with Crippen LogP contribution in [0.2, 0.25) is 0 Å². The Hall–Kier alpha value is -1.90. The minimum Gasteiger partial charge on any atom is -0.466 e. The molecular formula is C13H16NO2+. The predicted molar refractivity (Wildman–Crippen MR) is 63.6 cm³/mol. The summed E-state index contributed by atoms with van der Waals surface area (Å²) in [4.78, 5) is 10.8. The fourth-order valence-corrected chi connectivity index (χ4v) is 1.26. The van der Waals surface area contributed by atoms with Gasteiger partial charge in [-0.1, -0.05) is 30.3 Å². The maximum Gasteiger partial charge on any atom is 0.330 e. The Morgan fingerprint density at radius 1 is 1.38 bits per heavy atom. The largest absolute Gasteiger partial charge is 0.466 e. The standard InChI is InChI=1S/C13H16NO2/c1-14(10-6-9-13(15)16-2)11-12-7-4-3-5-8-12/h3-10H,11H2,1-2H3/q+1/b9-6+,14-10?. The number of benzene rings is 1. The van der Waals surface area contributed by atoms with Crippen LogP contribution >= 0.6 is 0 Å². The number of hydrogen-bond donors (Lipinski definition) is 0. The van der Waals surface area contributed by atoms with Gasteiger partial charge in [-0.15, -0.1) is 0 Å². The van der Waals surface area contributed by atoms with Crippen LogP contribution < -0.4 is 0 Å². The van der Waals surface area contributed by atoms with Crippen LogP contribution in [0.15, 0.2) is 42.5 Å². The van der Waals surface area contributed by atoms with E-state index in [0.717, 1.165) is 6.54 Å². The third kappa shape index (κ3) is 4.55. The molecule has 16 heavy (non-hydrogen) atoms. The van der Waals surface area contributed by atoms with Gasteiger partial charge in [0.25, 0.3) is 0 Å². The summed E-state index contributed by atoms with van der Waals surface area (Å²) in [6.45, 7) is 0.812. The highest BCUT2D eigenvalue weighted by Crippen LogP contribution is 1.98. The second-order valence-electron chi connectivity index (χ2n) is 3.43. The zero-order valence-electron chi connectivity index (χ0n) is 9.59. The fraction of sp³-hybridized carbons (Fsp3) is 0.231. The number of carbonyl (C=O) groups is 1. The molecule has 0 bridgehead atoms. The van der Waals surface area contributed by atoms with Crippen LogP contribution in [-0.4, -0.2) is 30.9 Å². The van der Waals surface area contributed by atoms with Gasteiger partial charge >= 0.3 is 5.97 Å². The van der Waals surface area contributed by atoms with Gasteiger partial charge in [-0.05, 0) is 0 Å². The molecule has 84 valence electrons. The van der Waals surface area contributed by atoms with Crippen LogP contribution in [0, 0.1) is 0 Å².